The Morgan fingerprint density at radius 2 is 2.22 bits per heavy atom. The predicted octanol–water partition coefficient (Wildman–Crippen LogP) is 2.07. The van der Waals surface area contributed by atoms with Gasteiger partial charge in [-0.05, 0) is 50.9 Å². The predicted molar refractivity (Wildman–Crippen MR) is 76.0 cm³/mol. The van der Waals surface area contributed by atoms with Crippen LogP contribution in [0.4, 0.5) is 5.69 Å². The van der Waals surface area contributed by atoms with Crippen LogP contribution in [-0.2, 0) is 6.54 Å². The van der Waals surface area contributed by atoms with Gasteiger partial charge in [-0.2, -0.15) is 0 Å². The quantitative estimate of drug-likeness (QED) is 0.859. The molecule has 1 fully saturated rings. The molecule has 1 aliphatic heterocycles. The second-order valence-electron chi connectivity index (χ2n) is 5.67. The molecule has 3 nitrogen and oxygen atoms in total. The van der Waals surface area contributed by atoms with Gasteiger partial charge in [-0.3, -0.25) is 0 Å². The molecule has 0 radical (unpaired) electrons. The van der Waals surface area contributed by atoms with Crippen LogP contribution in [0, 0.1) is 6.92 Å². The maximum Gasteiger partial charge on any atom is 0.0794 e. The Bertz CT molecular complexity index is 415. The number of hydrogen-bond acceptors (Lipinski definition) is 3. The molecule has 0 aromatic heterocycles. The van der Waals surface area contributed by atoms with Crippen LogP contribution in [0.5, 0.6) is 0 Å². The molecule has 1 unspecified atom stereocenters. The largest absolute Gasteiger partial charge is 0.388 e. The molecule has 1 aromatic carbocycles. The van der Waals surface area contributed by atoms with E-state index in [2.05, 4.69) is 35.3 Å². The molecule has 0 amide bonds. The van der Waals surface area contributed by atoms with Gasteiger partial charge >= 0.3 is 0 Å². The van der Waals surface area contributed by atoms with E-state index in [9.17, 15) is 5.11 Å². The first-order valence-corrected chi connectivity index (χ1v) is 6.73. The average molecular weight is 248 g/mol. The standard InChI is InChI=1S/C15H24N2O/c1-12-9-13(10-16-3)5-6-14(12)17-8-4-7-15(2,18)11-17/h5-6,9,16,18H,4,7-8,10-11H2,1-3H3. The second-order valence-corrected chi connectivity index (χ2v) is 5.67. The fraction of sp³-hybridized carbons (Fsp3) is 0.600. The van der Waals surface area contributed by atoms with E-state index in [1.54, 1.807) is 0 Å². The van der Waals surface area contributed by atoms with Crippen molar-refractivity contribution >= 4 is 5.69 Å². The molecule has 100 valence electrons. The molecule has 1 heterocycles. The molecular formula is C15H24N2O. The first-order valence-electron chi connectivity index (χ1n) is 6.73. The molecule has 1 aliphatic rings. The number of benzene rings is 1. The van der Waals surface area contributed by atoms with E-state index in [0.29, 0.717) is 0 Å². The lowest BCUT2D eigenvalue weighted by atomic mass is 9.94. The molecule has 0 aliphatic carbocycles. The van der Waals surface area contributed by atoms with Crippen molar-refractivity contribution in [2.45, 2.75) is 38.8 Å². The number of anilines is 1. The summed E-state index contributed by atoms with van der Waals surface area (Å²) in [5, 5.41) is 13.4. The van der Waals surface area contributed by atoms with Gasteiger partial charge in [0.15, 0.2) is 0 Å². The fourth-order valence-corrected chi connectivity index (χ4v) is 2.81. The summed E-state index contributed by atoms with van der Waals surface area (Å²) in [4.78, 5) is 2.31. The van der Waals surface area contributed by atoms with Gasteiger partial charge in [-0.15, -0.1) is 0 Å². The summed E-state index contributed by atoms with van der Waals surface area (Å²) in [5.74, 6) is 0. The Kier molecular flexibility index (Phi) is 3.93. The third-order valence-corrected chi connectivity index (χ3v) is 3.66. The molecule has 1 atom stereocenters. The minimum absolute atomic E-state index is 0.547. The minimum atomic E-state index is -0.547. The summed E-state index contributed by atoms with van der Waals surface area (Å²) < 4.78 is 0. The SMILES string of the molecule is CNCc1ccc(N2CCCC(C)(O)C2)c(C)c1. The Hall–Kier alpha value is -1.06. The molecule has 3 heteroatoms. The van der Waals surface area contributed by atoms with Crippen LogP contribution < -0.4 is 10.2 Å². The van der Waals surface area contributed by atoms with Gasteiger partial charge in [-0.1, -0.05) is 12.1 Å². The zero-order valence-electron chi connectivity index (χ0n) is 11.7. The number of piperidine rings is 1. The minimum Gasteiger partial charge on any atom is -0.388 e. The molecular weight excluding hydrogens is 224 g/mol. The zero-order valence-corrected chi connectivity index (χ0v) is 11.7. The summed E-state index contributed by atoms with van der Waals surface area (Å²) in [7, 11) is 1.96. The number of nitrogens with zero attached hydrogens (tertiary/aromatic N) is 1. The molecule has 18 heavy (non-hydrogen) atoms. The smallest absolute Gasteiger partial charge is 0.0794 e. The maximum atomic E-state index is 10.2. The van der Waals surface area contributed by atoms with Crippen LogP contribution in [0.2, 0.25) is 0 Å². The Balaban J connectivity index is 2.18. The number of aliphatic hydroxyl groups is 1. The van der Waals surface area contributed by atoms with E-state index in [4.69, 9.17) is 0 Å². The number of hydrogen-bond donors (Lipinski definition) is 2. The lowest BCUT2D eigenvalue weighted by Gasteiger charge is -2.39. The molecule has 2 N–H and O–H groups in total. The van der Waals surface area contributed by atoms with Gasteiger partial charge in [-0.25, -0.2) is 0 Å². The average Bonchev–Trinajstić information content (AvgIpc) is 2.28. The first kappa shape index (κ1) is 13.4. The topological polar surface area (TPSA) is 35.5 Å². The molecule has 0 bridgehead atoms. The van der Waals surface area contributed by atoms with Gasteiger partial charge in [0, 0.05) is 25.3 Å². The monoisotopic (exact) mass is 248 g/mol. The second kappa shape index (κ2) is 5.29. The lowest BCUT2D eigenvalue weighted by Crippen LogP contribution is -2.46. The number of aryl methyl sites for hydroxylation is 1. The highest BCUT2D eigenvalue weighted by molar-refractivity contribution is 5.55. The zero-order chi connectivity index (χ0) is 13.2. The van der Waals surface area contributed by atoms with E-state index in [0.717, 1.165) is 32.5 Å². The van der Waals surface area contributed by atoms with Crippen LogP contribution in [0.3, 0.4) is 0 Å². The maximum absolute atomic E-state index is 10.2. The van der Waals surface area contributed by atoms with Gasteiger partial charge in [0.1, 0.15) is 0 Å². The normalized spacial score (nSPS) is 24.3. The summed E-state index contributed by atoms with van der Waals surface area (Å²) in [6.07, 6.45) is 1.96. The molecule has 0 saturated carbocycles. The highest BCUT2D eigenvalue weighted by Gasteiger charge is 2.28. The summed E-state index contributed by atoms with van der Waals surface area (Å²) in [6, 6.07) is 6.58. The highest BCUT2D eigenvalue weighted by Crippen LogP contribution is 2.28. The van der Waals surface area contributed by atoms with Crippen molar-refractivity contribution in [2.24, 2.45) is 0 Å². The summed E-state index contributed by atoms with van der Waals surface area (Å²) in [5.41, 5.74) is 3.31. The van der Waals surface area contributed by atoms with Crippen LogP contribution >= 0.6 is 0 Å². The molecule has 2 rings (SSSR count). The number of nitrogens with one attached hydrogen (secondary N) is 1. The highest BCUT2D eigenvalue weighted by atomic mass is 16.3. The Labute approximate surface area is 110 Å². The van der Waals surface area contributed by atoms with Gasteiger partial charge in [0.05, 0.1) is 5.60 Å². The van der Waals surface area contributed by atoms with E-state index < -0.39 is 5.60 Å². The van der Waals surface area contributed by atoms with Crippen molar-refractivity contribution < 1.29 is 5.11 Å². The van der Waals surface area contributed by atoms with Crippen molar-refractivity contribution in [3.8, 4) is 0 Å². The molecule has 1 aromatic rings. The van der Waals surface area contributed by atoms with E-state index in [1.165, 1.54) is 16.8 Å². The summed E-state index contributed by atoms with van der Waals surface area (Å²) in [6.45, 7) is 6.77. The third kappa shape index (κ3) is 3.03. The van der Waals surface area contributed by atoms with Crippen molar-refractivity contribution in [1.82, 2.24) is 5.32 Å². The van der Waals surface area contributed by atoms with Gasteiger partial charge in [0.2, 0.25) is 0 Å². The van der Waals surface area contributed by atoms with E-state index in [1.807, 2.05) is 14.0 Å². The lowest BCUT2D eigenvalue weighted by molar-refractivity contribution is 0.0449. The van der Waals surface area contributed by atoms with Gasteiger partial charge < -0.3 is 15.3 Å². The Morgan fingerprint density at radius 3 is 2.83 bits per heavy atom. The van der Waals surface area contributed by atoms with Crippen LogP contribution in [0.25, 0.3) is 0 Å². The van der Waals surface area contributed by atoms with Gasteiger partial charge in [0.25, 0.3) is 0 Å². The number of β-amino-alcohol motifs (C(OH)–C–C–N with tert-alkyl or cyclic N) is 1. The Morgan fingerprint density at radius 1 is 1.44 bits per heavy atom. The first-order chi connectivity index (χ1) is 8.52. The van der Waals surface area contributed by atoms with Crippen LogP contribution in [0.1, 0.15) is 30.9 Å². The number of rotatable bonds is 3. The van der Waals surface area contributed by atoms with Crippen LogP contribution in [-0.4, -0.2) is 30.8 Å². The van der Waals surface area contributed by atoms with Crippen molar-refractivity contribution in [2.75, 3.05) is 25.0 Å². The van der Waals surface area contributed by atoms with Crippen LogP contribution in [0.15, 0.2) is 18.2 Å². The molecule has 1 saturated heterocycles. The van der Waals surface area contributed by atoms with Crippen molar-refractivity contribution in [1.29, 1.82) is 0 Å². The van der Waals surface area contributed by atoms with Crippen molar-refractivity contribution in [3.05, 3.63) is 29.3 Å². The fourth-order valence-electron chi connectivity index (χ4n) is 2.81. The third-order valence-electron chi connectivity index (χ3n) is 3.66. The van der Waals surface area contributed by atoms with E-state index >= 15 is 0 Å². The van der Waals surface area contributed by atoms with Crippen molar-refractivity contribution in [3.63, 3.8) is 0 Å². The molecule has 0 spiro atoms. The van der Waals surface area contributed by atoms with E-state index in [-0.39, 0.29) is 0 Å². The summed E-state index contributed by atoms with van der Waals surface area (Å²) >= 11 is 0.